The van der Waals surface area contributed by atoms with Crippen LogP contribution in [-0.4, -0.2) is 22.0 Å². The van der Waals surface area contributed by atoms with Gasteiger partial charge in [-0.2, -0.15) is 0 Å². The molecule has 0 atom stereocenters. The van der Waals surface area contributed by atoms with Crippen LogP contribution in [0.4, 0.5) is 5.69 Å². The predicted octanol–water partition coefficient (Wildman–Crippen LogP) is 1.21. The number of benzene rings is 1. The van der Waals surface area contributed by atoms with Gasteiger partial charge in [0, 0.05) is 37.6 Å². The number of nitrogens with one attached hydrogen (secondary N) is 1. The lowest BCUT2D eigenvalue weighted by Crippen LogP contribution is -2.27. The minimum absolute atomic E-state index is 0.0666. The Labute approximate surface area is 112 Å². The van der Waals surface area contributed by atoms with E-state index in [0.29, 0.717) is 13.0 Å². The molecular formula is C14H18N4O. The van der Waals surface area contributed by atoms with Crippen LogP contribution in [0.15, 0.2) is 43.0 Å². The maximum Gasteiger partial charge on any atom is 0.220 e. The van der Waals surface area contributed by atoms with Gasteiger partial charge >= 0.3 is 0 Å². The van der Waals surface area contributed by atoms with Gasteiger partial charge in [-0.3, -0.25) is 4.79 Å². The van der Waals surface area contributed by atoms with Crippen LogP contribution >= 0.6 is 0 Å². The van der Waals surface area contributed by atoms with Gasteiger partial charge in [-0.1, -0.05) is 12.1 Å². The number of rotatable bonds is 6. The van der Waals surface area contributed by atoms with Crippen molar-refractivity contribution < 1.29 is 4.79 Å². The van der Waals surface area contributed by atoms with E-state index in [1.807, 2.05) is 35.0 Å². The molecule has 100 valence electrons. The number of nitrogens with zero attached hydrogens (tertiary/aromatic N) is 2. The summed E-state index contributed by atoms with van der Waals surface area (Å²) in [4.78, 5) is 15.6. The topological polar surface area (TPSA) is 72.9 Å². The third-order valence-electron chi connectivity index (χ3n) is 2.87. The second kappa shape index (κ2) is 6.58. The summed E-state index contributed by atoms with van der Waals surface area (Å²) in [6.45, 7) is 1.37. The number of carbonyl (C=O) groups excluding carboxylic acids is 1. The van der Waals surface area contributed by atoms with Crippen molar-refractivity contribution >= 4 is 11.6 Å². The summed E-state index contributed by atoms with van der Waals surface area (Å²) >= 11 is 0. The standard InChI is InChI=1S/C14H18N4O/c15-13-4-1-12(2-5-13)3-6-14(19)17-8-10-18-9-7-16-11-18/h1-2,4-5,7,9,11H,3,6,8,10,15H2,(H,17,19). The van der Waals surface area contributed by atoms with Crippen LogP contribution in [0.1, 0.15) is 12.0 Å². The van der Waals surface area contributed by atoms with Crippen LogP contribution in [0.2, 0.25) is 0 Å². The molecule has 0 fully saturated rings. The zero-order valence-electron chi connectivity index (χ0n) is 10.7. The number of amides is 1. The molecule has 19 heavy (non-hydrogen) atoms. The number of aromatic nitrogens is 2. The fraction of sp³-hybridized carbons (Fsp3) is 0.286. The highest BCUT2D eigenvalue weighted by Gasteiger charge is 2.01. The Balaban J connectivity index is 1.65. The lowest BCUT2D eigenvalue weighted by Gasteiger charge is -2.06. The molecule has 0 bridgehead atoms. The number of nitrogen functional groups attached to an aromatic ring is 1. The second-order valence-corrected chi connectivity index (χ2v) is 4.39. The predicted molar refractivity (Wildman–Crippen MR) is 74.4 cm³/mol. The van der Waals surface area contributed by atoms with Crippen molar-refractivity contribution in [3.8, 4) is 0 Å². The molecule has 0 aliphatic carbocycles. The molecule has 1 aromatic carbocycles. The first-order valence-corrected chi connectivity index (χ1v) is 6.31. The summed E-state index contributed by atoms with van der Waals surface area (Å²) in [7, 11) is 0. The number of aryl methyl sites for hydroxylation is 1. The number of hydrogen-bond acceptors (Lipinski definition) is 3. The van der Waals surface area contributed by atoms with Crippen molar-refractivity contribution in [1.29, 1.82) is 0 Å². The van der Waals surface area contributed by atoms with E-state index < -0.39 is 0 Å². The van der Waals surface area contributed by atoms with Gasteiger partial charge in [0.15, 0.2) is 0 Å². The molecule has 3 N–H and O–H groups in total. The lowest BCUT2D eigenvalue weighted by atomic mass is 10.1. The molecule has 0 radical (unpaired) electrons. The number of nitrogens with two attached hydrogens (primary N) is 1. The number of imidazole rings is 1. The van der Waals surface area contributed by atoms with Crippen LogP contribution in [0.5, 0.6) is 0 Å². The van der Waals surface area contributed by atoms with Crippen LogP contribution in [0.25, 0.3) is 0 Å². The Bertz CT molecular complexity index is 505. The van der Waals surface area contributed by atoms with Crippen molar-refractivity contribution in [2.24, 2.45) is 0 Å². The highest BCUT2D eigenvalue weighted by atomic mass is 16.1. The summed E-state index contributed by atoms with van der Waals surface area (Å²) in [5.41, 5.74) is 7.48. The summed E-state index contributed by atoms with van der Waals surface area (Å²) in [6.07, 6.45) is 6.56. The van der Waals surface area contributed by atoms with Crippen molar-refractivity contribution in [2.75, 3.05) is 12.3 Å². The number of carbonyl (C=O) groups is 1. The molecule has 2 aromatic rings. The lowest BCUT2D eigenvalue weighted by molar-refractivity contribution is -0.121. The van der Waals surface area contributed by atoms with Crippen LogP contribution in [0.3, 0.4) is 0 Å². The molecule has 1 heterocycles. The number of hydrogen-bond donors (Lipinski definition) is 2. The van der Waals surface area contributed by atoms with Crippen molar-refractivity contribution in [2.45, 2.75) is 19.4 Å². The minimum Gasteiger partial charge on any atom is -0.399 e. The molecule has 0 aliphatic heterocycles. The zero-order chi connectivity index (χ0) is 13.5. The van der Waals surface area contributed by atoms with Crippen molar-refractivity contribution in [1.82, 2.24) is 14.9 Å². The Morgan fingerprint density at radius 3 is 2.79 bits per heavy atom. The molecule has 1 amide bonds. The maximum absolute atomic E-state index is 11.7. The molecule has 0 saturated carbocycles. The van der Waals surface area contributed by atoms with E-state index in [9.17, 15) is 4.79 Å². The average Bonchev–Trinajstić information content (AvgIpc) is 2.91. The molecule has 0 unspecified atom stereocenters. The SMILES string of the molecule is Nc1ccc(CCC(=O)NCCn2ccnc2)cc1. The van der Waals surface area contributed by atoms with E-state index >= 15 is 0 Å². The molecule has 5 nitrogen and oxygen atoms in total. The monoisotopic (exact) mass is 258 g/mol. The minimum atomic E-state index is 0.0666. The van der Waals surface area contributed by atoms with E-state index in [4.69, 9.17) is 5.73 Å². The van der Waals surface area contributed by atoms with Gasteiger partial charge in [0.2, 0.25) is 5.91 Å². The van der Waals surface area contributed by atoms with Gasteiger partial charge in [0.05, 0.1) is 6.33 Å². The fourth-order valence-corrected chi connectivity index (χ4v) is 1.77. The Hall–Kier alpha value is -2.30. The summed E-state index contributed by atoms with van der Waals surface area (Å²) in [5.74, 6) is 0.0666. The van der Waals surface area contributed by atoms with E-state index in [1.165, 1.54) is 0 Å². The fourth-order valence-electron chi connectivity index (χ4n) is 1.77. The van der Waals surface area contributed by atoms with Crippen LogP contribution in [0, 0.1) is 0 Å². The third-order valence-corrected chi connectivity index (χ3v) is 2.87. The maximum atomic E-state index is 11.7. The number of anilines is 1. The van der Waals surface area contributed by atoms with Gasteiger partial charge in [-0.15, -0.1) is 0 Å². The molecular weight excluding hydrogens is 240 g/mol. The molecule has 0 spiro atoms. The summed E-state index contributed by atoms with van der Waals surface area (Å²) < 4.78 is 1.93. The molecule has 0 saturated heterocycles. The first-order valence-electron chi connectivity index (χ1n) is 6.31. The van der Waals surface area contributed by atoms with Gasteiger partial charge in [0.1, 0.15) is 0 Å². The highest BCUT2D eigenvalue weighted by molar-refractivity contribution is 5.76. The van der Waals surface area contributed by atoms with Gasteiger partial charge < -0.3 is 15.6 Å². The van der Waals surface area contributed by atoms with Gasteiger partial charge in [-0.05, 0) is 24.1 Å². The molecule has 2 rings (SSSR count). The van der Waals surface area contributed by atoms with E-state index in [1.54, 1.807) is 12.5 Å². The second-order valence-electron chi connectivity index (χ2n) is 4.39. The van der Waals surface area contributed by atoms with Crippen LogP contribution < -0.4 is 11.1 Å². The van der Waals surface area contributed by atoms with Gasteiger partial charge in [0.25, 0.3) is 0 Å². The van der Waals surface area contributed by atoms with Crippen molar-refractivity contribution in [3.05, 3.63) is 48.5 Å². The third kappa shape index (κ3) is 4.46. The first kappa shape index (κ1) is 13.1. The smallest absolute Gasteiger partial charge is 0.220 e. The highest BCUT2D eigenvalue weighted by Crippen LogP contribution is 2.07. The van der Waals surface area contributed by atoms with Gasteiger partial charge in [-0.25, -0.2) is 4.98 Å². The van der Waals surface area contributed by atoms with E-state index in [2.05, 4.69) is 10.3 Å². The normalized spacial score (nSPS) is 10.3. The van der Waals surface area contributed by atoms with Crippen LogP contribution in [-0.2, 0) is 17.8 Å². The van der Waals surface area contributed by atoms with E-state index in [0.717, 1.165) is 24.2 Å². The Morgan fingerprint density at radius 2 is 2.11 bits per heavy atom. The van der Waals surface area contributed by atoms with E-state index in [-0.39, 0.29) is 5.91 Å². The summed E-state index contributed by atoms with van der Waals surface area (Å²) in [5, 5.41) is 2.89. The zero-order valence-corrected chi connectivity index (χ0v) is 10.7. The Kier molecular flexibility index (Phi) is 4.55. The Morgan fingerprint density at radius 1 is 1.32 bits per heavy atom. The largest absolute Gasteiger partial charge is 0.399 e. The first-order chi connectivity index (χ1) is 9.24. The van der Waals surface area contributed by atoms with Crippen molar-refractivity contribution in [3.63, 3.8) is 0 Å². The molecule has 0 aliphatic rings. The molecule has 5 heteroatoms. The average molecular weight is 258 g/mol. The quantitative estimate of drug-likeness (QED) is 0.765. The summed E-state index contributed by atoms with van der Waals surface area (Å²) in [6, 6.07) is 7.61. The molecule has 1 aromatic heterocycles.